The number of rotatable bonds is 23. The summed E-state index contributed by atoms with van der Waals surface area (Å²) >= 11 is 3.11. The quantitative estimate of drug-likeness (QED) is 0.0641. The van der Waals surface area contributed by atoms with Crippen LogP contribution in [0.3, 0.4) is 0 Å². The minimum Gasteiger partial charge on any atom is -0.380 e. The Balaban J connectivity index is 0.000000145. The fourth-order valence-electron chi connectivity index (χ4n) is 25.6. The highest BCUT2D eigenvalue weighted by Crippen LogP contribution is 2.65. The van der Waals surface area contributed by atoms with E-state index in [0.29, 0.717) is 106 Å². The zero-order chi connectivity index (χ0) is 107. The number of aromatic nitrogens is 7. The van der Waals surface area contributed by atoms with Crippen molar-refractivity contribution in [1.82, 2.24) is 70.2 Å². The van der Waals surface area contributed by atoms with Crippen molar-refractivity contribution in [2.75, 3.05) is 122 Å². The molecule has 0 atom stereocenters. The number of likely N-dealkylation sites (tertiary alicyclic amines) is 3. The van der Waals surface area contributed by atoms with Crippen LogP contribution in [0, 0.1) is 96.6 Å². The number of aromatic amines is 1. The van der Waals surface area contributed by atoms with Crippen LogP contribution in [0.15, 0.2) is 17.9 Å². The molecule has 43 heteroatoms. The van der Waals surface area contributed by atoms with Gasteiger partial charge in [0.25, 0.3) is 0 Å². The highest BCUT2D eigenvalue weighted by atomic mass is 32.2. The molecule has 816 valence electrons. The molecule has 0 radical (unpaired) electrons. The molecule has 3 spiro atoms. The molecule has 11 heterocycles. The Labute approximate surface area is 847 Å². The first-order valence-electron chi connectivity index (χ1n) is 51.1. The number of hydrogen-bond donors (Lipinski definition) is 4. The molecule has 0 aromatic carbocycles. The molecule has 3 aromatic rings. The molecular weight excluding hydrogens is 1980 g/mol. The fraction of sp³-hybridized carbons (Fsp3) is 0.900. The Hall–Kier alpha value is -5.05. The number of ether oxygens (including phenoxy) is 2. The summed E-state index contributed by atoms with van der Waals surface area (Å²) in [7, 11) is -7.66. The molecule has 143 heavy (non-hydrogen) atoms. The lowest BCUT2D eigenvalue weighted by Crippen LogP contribution is -2.75. The van der Waals surface area contributed by atoms with Crippen molar-refractivity contribution in [3.05, 3.63) is 33.5 Å². The average Bonchev–Trinajstić information content (AvgIpc) is 1.64. The number of nitrogens with zero attached hydrogens (tertiary/aromatic N) is 10. The van der Waals surface area contributed by atoms with E-state index in [9.17, 15) is 97.1 Å². The van der Waals surface area contributed by atoms with Crippen molar-refractivity contribution >= 4 is 76.2 Å². The number of sulfonamides is 1. The summed E-state index contributed by atoms with van der Waals surface area (Å²) in [5, 5.41) is 32.1. The smallest absolute Gasteiger partial charge is 0.250 e. The van der Waals surface area contributed by atoms with Gasteiger partial charge in [0.1, 0.15) is 21.9 Å². The van der Waals surface area contributed by atoms with Gasteiger partial charge in [-0.25, -0.2) is 82.2 Å². The van der Waals surface area contributed by atoms with E-state index in [0.717, 1.165) is 62.3 Å². The van der Waals surface area contributed by atoms with Crippen LogP contribution in [-0.2, 0) is 74.6 Å². The van der Waals surface area contributed by atoms with Crippen molar-refractivity contribution in [3.8, 4) is 0 Å². The van der Waals surface area contributed by atoms with Gasteiger partial charge < -0.3 is 40.1 Å². The highest BCUT2D eigenvalue weighted by molar-refractivity contribution is 7.93. The second kappa shape index (κ2) is 39.9. The first-order valence-corrected chi connectivity index (χ1v) is 58.2. The van der Waals surface area contributed by atoms with E-state index in [1.165, 1.54) is 59.8 Å². The van der Waals surface area contributed by atoms with Crippen LogP contribution >= 0.6 is 22.9 Å². The predicted octanol–water partition coefficient (Wildman–Crippen LogP) is 17.4. The van der Waals surface area contributed by atoms with E-state index in [-0.39, 0.29) is 149 Å². The summed E-state index contributed by atoms with van der Waals surface area (Å²) in [5.74, 6) is -11.6. The van der Waals surface area contributed by atoms with Crippen molar-refractivity contribution < 1.29 is 107 Å². The monoisotopic (exact) mass is 2140 g/mol. The van der Waals surface area contributed by atoms with Crippen molar-refractivity contribution in [2.24, 2.45) is 96.6 Å². The van der Waals surface area contributed by atoms with Gasteiger partial charge >= 0.3 is 0 Å². The van der Waals surface area contributed by atoms with Crippen LogP contribution in [0.4, 0.5) is 52.7 Å². The predicted molar refractivity (Wildman–Crippen MR) is 526 cm³/mol. The lowest BCUT2D eigenvalue weighted by Gasteiger charge is -2.62. The van der Waals surface area contributed by atoms with Crippen LogP contribution in [0.5, 0.6) is 0 Å². The summed E-state index contributed by atoms with van der Waals surface area (Å²) in [6, 6.07) is 0. The van der Waals surface area contributed by atoms with Crippen LogP contribution < -0.4 is 16.0 Å². The lowest BCUT2D eigenvalue weighted by molar-refractivity contribution is -0.226. The summed E-state index contributed by atoms with van der Waals surface area (Å²) in [4.78, 5) is 56.1. The van der Waals surface area contributed by atoms with Gasteiger partial charge in [-0.05, 0) is 161 Å². The zero-order valence-corrected chi connectivity index (χ0v) is 92.4. The third kappa shape index (κ3) is 24.2. The fourth-order valence-corrected chi connectivity index (χ4v) is 32.4. The van der Waals surface area contributed by atoms with E-state index in [1.54, 1.807) is 57.1 Å². The van der Waals surface area contributed by atoms with Gasteiger partial charge in [-0.15, -0.1) is 26.6 Å². The largest absolute Gasteiger partial charge is 0.380 e. The molecule has 9 saturated carbocycles. The molecule has 4 amide bonds. The molecule has 17 fully saturated rings. The number of sulfone groups is 2. The zero-order valence-electron chi connectivity index (χ0n) is 88.3. The summed E-state index contributed by atoms with van der Waals surface area (Å²) in [5.41, 5.74) is -3.23. The summed E-state index contributed by atoms with van der Waals surface area (Å²) in [6.07, 6.45) is 10.7. The number of alkyl halides is 12. The van der Waals surface area contributed by atoms with Crippen molar-refractivity contribution in [3.63, 3.8) is 0 Å². The normalized spacial score (nSPS) is 30.3. The first kappa shape index (κ1) is 117. The van der Waals surface area contributed by atoms with Crippen molar-refractivity contribution in [1.29, 1.82) is 0 Å². The van der Waals surface area contributed by atoms with Crippen LogP contribution in [-0.4, -0.2) is 282 Å². The Morgan fingerprint density at radius 3 is 1.22 bits per heavy atom. The maximum Gasteiger partial charge on any atom is 0.250 e. The van der Waals surface area contributed by atoms with E-state index in [2.05, 4.69) is 111 Å². The third-order valence-corrected chi connectivity index (χ3v) is 43.3. The van der Waals surface area contributed by atoms with E-state index in [4.69, 9.17) is 9.47 Å². The maximum absolute atomic E-state index is 13.9. The van der Waals surface area contributed by atoms with Crippen LogP contribution in [0.1, 0.15) is 290 Å². The van der Waals surface area contributed by atoms with Crippen LogP contribution in [0.25, 0.3) is 0 Å². The number of halogens is 12. The van der Waals surface area contributed by atoms with Gasteiger partial charge in [-0.1, -0.05) is 129 Å². The summed E-state index contributed by atoms with van der Waals surface area (Å²) < 4.78 is 242. The molecule has 4 N–H and O–H groups in total. The number of hydrogen-bond acceptors (Lipinski definition) is 22. The number of carbonyl (C=O) groups excluding carboxylic acids is 4. The van der Waals surface area contributed by atoms with Crippen molar-refractivity contribution in [2.45, 2.75) is 348 Å². The molecule has 8 saturated heterocycles. The molecule has 0 bridgehead atoms. The number of amides is 4. The van der Waals surface area contributed by atoms with E-state index < -0.39 is 122 Å². The molecular formula is C100H160F12N14O12S5. The second-order valence-corrected chi connectivity index (χ2v) is 58.7. The highest BCUT2D eigenvalue weighted by Gasteiger charge is 2.71. The minimum absolute atomic E-state index is 0.00231. The van der Waals surface area contributed by atoms with E-state index >= 15 is 0 Å². The Morgan fingerprint density at radius 1 is 0.476 bits per heavy atom. The minimum atomic E-state index is -3.17. The Morgan fingerprint density at radius 2 is 0.902 bits per heavy atom. The van der Waals surface area contributed by atoms with Gasteiger partial charge in [0.05, 0.1) is 111 Å². The average molecular weight is 2140 g/mol. The summed E-state index contributed by atoms with van der Waals surface area (Å²) in [6.45, 7) is 52.2. The molecule has 8 aliphatic heterocycles. The molecule has 17 aliphatic rings. The third-order valence-electron chi connectivity index (χ3n) is 36.0. The molecule has 0 unspecified atom stereocenters. The van der Waals surface area contributed by atoms with Gasteiger partial charge in [-0.3, -0.25) is 19.2 Å². The van der Waals surface area contributed by atoms with Gasteiger partial charge in [0.15, 0.2) is 19.7 Å². The maximum atomic E-state index is 13.9. The number of nitrogens with one attached hydrogen (secondary N) is 4. The standard InChI is InChI=1S/C14H22F2N2O3S.C14H22FNO2.C13H21F2NO.C12H19F2NO3S.C12H21F2NO2S.C10H15FN2S.C9H15F2NO.C8H13N3.C8H12N2S/c1-10(2)13(4-14(15,16)5-13)11(19)17-6-12(7-17)8-18(9-12)22(3,20)21;1-10(2)14(6-12(3,15)7-14)11(17)16-5-4-13(16)8-18-9-13;1-10(2)12(3-13(14,15)4-12)7-16-5-11(6-16)8-17-9-11;1-8(2)11(4-12(13,14)5-11)9(16)15-10(3)6-19(17,18)7-10;1-9(2)11(4-12(13,14)5-11)6-15-10(3)7-18(16,17)8-10;1-7(2)10(5-9(3,11)6-10)8-4-12-13-14-8;1-6(2)8(7(13)12-3)4-9(10,11)5-8;1-6(2)8(3-4-8)7-5-9-11-10-7;1-6(2)8(3-4-8)7-10-9-5-11-7/h10H,4-9H2,1-3H3;10H,4-9H2,1-3H3;10H,3-9H2,1-2H3;8H,4-7H2,1-3H3,(H,15,16);9,15H,4-8H2,1-3H3;4,7H,5-6H2,1-3H3;6H,4-5H2,1-3H3,(H,12,13);5-6H,3-4H2,1-2H3,(H,9,10,11);5-6H,3-4H2,1-2H3. The molecule has 26 nitrogen and oxygen atoms in total. The number of H-pyrrole nitrogens is 1. The van der Waals surface area contributed by atoms with Crippen LogP contribution in [0.2, 0.25) is 0 Å². The Bertz CT molecular complexity index is 5180. The lowest BCUT2D eigenvalue weighted by atomic mass is 9.54. The molecule has 20 rings (SSSR count). The SMILES string of the molecule is CC(C)C1(C(=O)N2CC3(C2)CN(S(C)(=O)=O)C3)CC(F)(F)C1.CC(C)C1(C(=O)N2CCC23COC3)CC(C)(F)C1.CC(C)C1(C(=O)NC2(C)CS(=O)(=O)C2)CC(F)(F)C1.CC(C)C1(CN2CC3(COC3)C2)CC(F)(F)C1.CC(C)C1(CNC2(C)CS(=O)(=O)C2)CC(F)(F)C1.CC(C)C1(c2cn[nH]n2)CC1.CC(C)C1(c2cnns2)CC(C)(F)C1.CC(C)C1(c2nncs2)CC1.CNC(=O)C1(C(C)C)CC(F)(F)C1. The van der Waals surface area contributed by atoms with Gasteiger partial charge in [-0.2, -0.15) is 15.4 Å². The molecule has 3 aromatic heterocycles. The van der Waals surface area contributed by atoms with E-state index in [1.807, 2.05) is 78.9 Å². The first-order chi connectivity index (χ1) is 65.2. The van der Waals surface area contributed by atoms with Gasteiger partial charge in [0, 0.05) is 163 Å². The second-order valence-electron chi connectivity index (χ2n) is 51.0. The Kier molecular flexibility index (Phi) is 32.5. The molecule has 9 aliphatic carbocycles. The number of carbonyl (C=O) groups is 4. The topological polar surface area (TPSA) is 331 Å². The van der Waals surface area contributed by atoms with Gasteiger partial charge in [0.2, 0.25) is 63.3 Å².